The van der Waals surface area contributed by atoms with Gasteiger partial charge in [-0.25, -0.2) is 0 Å². The Bertz CT molecular complexity index is 328. The van der Waals surface area contributed by atoms with E-state index in [-0.39, 0.29) is 6.10 Å². The van der Waals surface area contributed by atoms with Gasteiger partial charge < -0.3 is 10.5 Å². The zero-order valence-electron chi connectivity index (χ0n) is 11.1. The summed E-state index contributed by atoms with van der Waals surface area (Å²) in [7, 11) is 2.11. The molecule has 1 rings (SSSR count). The van der Waals surface area contributed by atoms with Gasteiger partial charge in [-0.2, -0.15) is 0 Å². The number of nitrogens with two attached hydrogens (primary N) is 1. The summed E-state index contributed by atoms with van der Waals surface area (Å²) in [6, 6.07) is 8.47. The van der Waals surface area contributed by atoms with E-state index in [4.69, 9.17) is 10.5 Å². The second-order valence-corrected chi connectivity index (χ2v) is 4.44. The van der Waals surface area contributed by atoms with E-state index < -0.39 is 0 Å². The molecule has 1 aromatic rings. The van der Waals surface area contributed by atoms with Crippen LogP contribution in [0, 0.1) is 6.92 Å². The van der Waals surface area contributed by atoms with Crippen LogP contribution in [0.25, 0.3) is 0 Å². The van der Waals surface area contributed by atoms with E-state index in [2.05, 4.69) is 43.1 Å². The van der Waals surface area contributed by atoms with Gasteiger partial charge in [-0.3, -0.25) is 4.90 Å². The van der Waals surface area contributed by atoms with E-state index in [9.17, 15) is 0 Å². The Hall–Kier alpha value is -0.900. The van der Waals surface area contributed by atoms with Gasteiger partial charge in [0.25, 0.3) is 0 Å². The Morgan fingerprint density at radius 1 is 1.35 bits per heavy atom. The average Bonchev–Trinajstić information content (AvgIpc) is 2.31. The van der Waals surface area contributed by atoms with Crippen molar-refractivity contribution in [2.24, 2.45) is 5.73 Å². The lowest BCUT2D eigenvalue weighted by molar-refractivity contribution is 0.0437. The fourth-order valence-corrected chi connectivity index (χ4v) is 1.92. The largest absolute Gasteiger partial charge is 0.376 e. The SMILES string of the molecule is CCOC(CN)CN(C)Cc1ccccc1C. The summed E-state index contributed by atoms with van der Waals surface area (Å²) in [4.78, 5) is 2.26. The highest BCUT2D eigenvalue weighted by molar-refractivity contribution is 5.25. The molecule has 0 radical (unpaired) electrons. The van der Waals surface area contributed by atoms with Crippen LogP contribution in [0.3, 0.4) is 0 Å². The molecule has 0 saturated heterocycles. The summed E-state index contributed by atoms with van der Waals surface area (Å²) in [5, 5.41) is 0. The first-order valence-corrected chi connectivity index (χ1v) is 6.22. The van der Waals surface area contributed by atoms with Crippen LogP contribution in [0.15, 0.2) is 24.3 Å². The maximum atomic E-state index is 5.68. The van der Waals surface area contributed by atoms with Gasteiger partial charge in [-0.1, -0.05) is 24.3 Å². The van der Waals surface area contributed by atoms with Crippen molar-refractivity contribution >= 4 is 0 Å². The van der Waals surface area contributed by atoms with Crippen LogP contribution in [0.2, 0.25) is 0 Å². The Morgan fingerprint density at radius 3 is 2.65 bits per heavy atom. The first-order chi connectivity index (χ1) is 8.17. The fourth-order valence-electron chi connectivity index (χ4n) is 1.92. The molecule has 17 heavy (non-hydrogen) atoms. The zero-order valence-corrected chi connectivity index (χ0v) is 11.1. The molecule has 1 unspecified atom stereocenters. The summed E-state index contributed by atoms with van der Waals surface area (Å²) < 4.78 is 5.56. The highest BCUT2D eigenvalue weighted by Crippen LogP contribution is 2.09. The molecule has 0 spiro atoms. The molecule has 0 amide bonds. The molecule has 0 fully saturated rings. The third-order valence-corrected chi connectivity index (χ3v) is 2.88. The predicted octanol–water partition coefficient (Wildman–Crippen LogP) is 1.79. The van der Waals surface area contributed by atoms with Crippen molar-refractivity contribution in [3.8, 4) is 0 Å². The normalized spacial score (nSPS) is 13.0. The molecule has 3 nitrogen and oxygen atoms in total. The van der Waals surface area contributed by atoms with Gasteiger partial charge >= 0.3 is 0 Å². The predicted molar refractivity (Wildman–Crippen MR) is 72.0 cm³/mol. The van der Waals surface area contributed by atoms with Gasteiger partial charge in [0.2, 0.25) is 0 Å². The van der Waals surface area contributed by atoms with Crippen LogP contribution in [-0.4, -0.2) is 37.7 Å². The Balaban J connectivity index is 2.49. The van der Waals surface area contributed by atoms with Crippen LogP contribution in [0.1, 0.15) is 18.1 Å². The van der Waals surface area contributed by atoms with E-state index in [0.29, 0.717) is 6.54 Å². The van der Waals surface area contributed by atoms with E-state index in [0.717, 1.165) is 19.7 Å². The minimum absolute atomic E-state index is 0.133. The summed E-state index contributed by atoms with van der Waals surface area (Å²) in [5.41, 5.74) is 8.38. The lowest BCUT2D eigenvalue weighted by Crippen LogP contribution is -2.36. The van der Waals surface area contributed by atoms with Crippen LogP contribution in [0.5, 0.6) is 0 Å². The fraction of sp³-hybridized carbons (Fsp3) is 0.571. The molecule has 0 bridgehead atoms. The van der Waals surface area contributed by atoms with Crippen molar-refractivity contribution in [3.05, 3.63) is 35.4 Å². The third-order valence-electron chi connectivity index (χ3n) is 2.88. The minimum Gasteiger partial charge on any atom is -0.376 e. The maximum absolute atomic E-state index is 5.68. The Kier molecular flexibility index (Phi) is 6.19. The molecule has 0 heterocycles. The number of rotatable bonds is 7. The molecular formula is C14H24N2O. The molecule has 1 aromatic carbocycles. The molecule has 0 saturated carbocycles. The molecular weight excluding hydrogens is 212 g/mol. The van der Waals surface area contributed by atoms with E-state index >= 15 is 0 Å². The Labute approximate surface area is 105 Å². The molecule has 2 N–H and O–H groups in total. The molecule has 0 aromatic heterocycles. The monoisotopic (exact) mass is 236 g/mol. The molecule has 0 aliphatic heterocycles. The molecule has 0 aliphatic rings. The number of likely N-dealkylation sites (N-methyl/N-ethyl adjacent to an activating group) is 1. The molecule has 1 atom stereocenters. The van der Waals surface area contributed by atoms with Gasteiger partial charge in [0.05, 0.1) is 6.10 Å². The number of ether oxygens (including phenoxy) is 1. The second kappa shape index (κ2) is 7.43. The lowest BCUT2D eigenvalue weighted by atomic mass is 10.1. The first-order valence-electron chi connectivity index (χ1n) is 6.22. The number of aryl methyl sites for hydroxylation is 1. The van der Waals surface area contributed by atoms with Gasteiger partial charge in [0.15, 0.2) is 0 Å². The maximum Gasteiger partial charge on any atom is 0.0823 e. The smallest absolute Gasteiger partial charge is 0.0823 e. The van der Waals surface area contributed by atoms with Crippen molar-refractivity contribution < 1.29 is 4.74 Å². The van der Waals surface area contributed by atoms with Gasteiger partial charge in [-0.15, -0.1) is 0 Å². The molecule has 0 aliphatic carbocycles. The van der Waals surface area contributed by atoms with Crippen molar-refractivity contribution in [3.63, 3.8) is 0 Å². The number of hydrogen-bond acceptors (Lipinski definition) is 3. The van der Waals surface area contributed by atoms with Gasteiger partial charge in [0, 0.05) is 26.2 Å². The van der Waals surface area contributed by atoms with E-state index in [1.165, 1.54) is 11.1 Å². The quantitative estimate of drug-likeness (QED) is 0.784. The molecule has 96 valence electrons. The van der Waals surface area contributed by atoms with Crippen molar-refractivity contribution in [2.45, 2.75) is 26.5 Å². The first kappa shape index (κ1) is 14.2. The van der Waals surface area contributed by atoms with Crippen LogP contribution < -0.4 is 5.73 Å². The van der Waals surface area contributed by atoms with E-state index in [1.54, 1.807) is 0 Å². The average molecular weight is 236 g/mol. The summed E-state index contributed by atoms with van der Waals surface area (Å²) >= 11 is 0. The van der Waals surface area contributed by atoms with Crippen LogP contribution in [-0.2, 0) is 11.3 Å². The third kappa shape index (κ3) is 4.86. The van der Waals surface area contributed by atoms with Crippen molar-refractivity contribution in [1.82, 2.24) is 4.90 Å². The summed E-state index contributed by atoms with van der Waals surface area (Å²) in [5.74, 6) is 0. The zero-order chi connectivity index (χ0) is 12.7. The lowest BCUT2D eigenvalue weighted by Gasteiger charge is -2.23. The van der Waals surface area contributed by atoms with Crippen molar-refractivity contribution in [1.29, 1.82) is 0 Å². The number of benzene rings is 1. The topological polar surface area (TPSA) is 38.5 Å². The van der Waals surface area contributed by atoms with Crippen LogP contribution >= 0.6 is 0 Å². The summed E-state index contributed by atoms with van der Waals surface area (Å²) in [6.07, 6.45) is 0.133. The second-order valence-electron chi connectivity index (χ2n) is 4.44. The highest BCUT2D eigenvalue weighted by Gasteiger charge is 2.10. The minimum atomic E-state index is 0.133. The van der Waals surface area contributed by atoms with E-state index in [1.807, 2.05) is 6.92 Å². The standard InChI is InChI=1S/C14H24N2O/c1-4-17-14(9-15)11-16(3)10-13-8-6-5-7-12(13)2/h5-8,14H,4,9-11,15H2,1-3H3. The number of nitrogens with zero attached hydrogens (tertiary/aromatic N) is 1. The van der Waals surface area contributed by atoms with Crippen LogP contribution in [0.4, 0.5) is 0 Å². The number of hydrogen-bond donors (Lipinski definition) is 1. The highest BCUT2D eigenvalue weighted by atomic mass is 16.5. The Morgan fingerprint density at radius 2 is 2.06 bits per heavy atom. The van der Waals surface area contributed by atoms with Gasteiger partial charge in [0.1, 0.15) is 0 Å². The van der Waals surface area contributed by atoms with Crippen molar-refractivity contribution in [2.75, 3.05) is 26.7 Å². The van der Waals surface area contributed by atoms with Gasteiger partial charge in [-0.05, 0) is 32.0 Å². The molecule has 3 heteroatoms. The summed E-state index contributed by atoms with van der Waals surface area (Å²) in [6.45, 7) is 7.26.